The highest BCUT2D eigenvalue weighted by atomic mass is 19.4. The highest BCUT2D eigenvalue weighted by Gasteiger charge is 2.38. The number of anilines is 1. The first-order valence-corrected chi connectivity index (χ1v) is 10.7. The summed E-state index contributed by atoms with van der Waals surface area (Å²) in [5.74, 6) is -2.65. The number of alkyl halides is 3. The van der Waals surface area contributed by atoms with Crippen molar-refractivity contribution < 1.29 is 42.1 Å². The number of amides is 1. The Morgan fingerprint density at radius 2 is 1.69 bits per heavy atom. The van der Waals surface area contributed by atoms with Gasteiger partial charge in [0.25, 0.3) is 5.91 Å². The molecule has 35 heavy (non-hydrogen) atoms. The highest BCUT2D eigenvalue weighted by Crippen LogP contribution is 2.23. The molecule has 0 atom stereocenters. The topological polar surface area (TPSA) is 130 Å². The Bertz CT molecular complexity index is 1000. The van der Waals surface area contributed by atoms with Crippen LogP contribution in [0.25, 0.3) is 0 Å². The fourth-order valence-corrected chi connectivity index (χ4v) is 2.96. The molecule has 0 saturated heterocycles. The molecule has 0 fully saturated rings. The van der Waals surface area contributed by atoms with Gasteiger partial charge in [0.05, 0.1) is 25.8 Å². The maximum absolute atomic E-state index is 12.6. The van der Waals surface area contributed by atoms with Crippen molar-refractivity contribution in [1.29, 1.82) is 0 Å². The number of hydrogen-bond acceptors (Lipinski definition) is 6. The van der Waals surface area contributed by atoms with Gasteiger partial charge >= 0.3 is 18.1 Å². The second-order valence-electron chi connectivity index (χ2n) is 7.42. The van der Waals surface area contributed by atoms with Gasteiger partial charge in [-0.15, -0.1) is 0 Å². The number of aromatic amines is 1. The number of benzene rings is 1. The Kier molecular flexibility index (Phi) is 11.1. The van der Waals surface area contributed by atoms with E-state index < -0.39 is 18.1 Å². The van der Waals surface area contributed by atoms with Crippen LogP contribution in [0.5, 0.6) is 5.75 Å². The fourth-order valence-electron chi connectivity index (χ4n) is 2.96. The van der Waals surface area contributed by atoms with Crippen molar-refractivity contribution in [3.63, 3.8) is 0 Å². The van der Waals surface area contributed by atoms with Gasteiger partial charge < -0.3 is 30.2 Å². The van der Waals surface area contributed by atoms with Gasteiger partial charge in [-0.25, -0.2) is 9.59 Å². The molecule has 194 valence electrons. The van der Waals surface area contributed by atoms with Gasteiger partial charge in [-0.3, -0.25) is 4.79 Å². The molecule has 2 rings (SSSR count). The Morgan fingerprint density at radius 1 is 1.11 bits per heavy atom. The number of hydrogen-bond donors (Lipinski definition) is 4. The van der Waals surface area contributed by atoms with E-state index in [1.165, 1.54) is 0 Å². The number of esters is 1. The Labute approximate surface area is 201 Å². The Morgan fingerprint density at radius 3 is 2.11 bits per heavy atom. The second kappa shape index (κ2) is 13.3. The SMILES string of the molecule is CCOC(=O)c1c(CNc2ccc(OC)cc2)[nH]c(C(=O)NC(C)C)c1CC.O=C(O)C(F)(F)F. The third-order valence-electron chi connectivity index (χ3n) is 4.46. The van der Waals surface area contributed by atoms with E-state index in [2.05, 4.69) is 15.6 Å². The van der Waals surface area contributed by atoms with E-state index in [4.69, 9.17) is 19.4 Å². The molecule has 0 aliphatic rings. The summed E-state index contributed by atoms with van der Waals surface area (Å²) in [6.07, 6.45) is -4.55. The predicted octanol–water partition coefficient (Wildman–Crippen LogP) is 4.15. The maximum Gasteiger partial charge on any atom is 0.490 e. The largest absolute Gasteiger partial charge is 0.497 e. The summed E-state index contributed by atoms with van der Waals surface area (Å²) in [5.41, 5.74) is 3.00. The number of carboxylic acid groups (broad SMARTS) is 1. The van der Waals surface area contributed by atoms with Crippen molar-refractivity contribution >= 4 is 23.5 Å². The number of ether oxygens (including phenoxy) is 2. The van der Waals surface area contributed by atoms with E-state index in [9.17, 15) is 22.8 Å². The lowest BCUT2D eigenvalue weighted by Gasteiger charge is -2.09. The van der Waals surface area contributed by atoms with Crippen molar-refractivity contribution in [2.24, 2.45) is 0 Å². The monoisotopic (exact) mass is 501 g/mol. The summed E-state index contributed by atoms with van der Waals surface area (Å²) in [4.78, 5) is 37.2. The summed E-state index contributed by atoms with van der Waals surface area (Å²) in [6, 6.07) is 7.47. The number of rotatable bonds is 9. The number of halogens is 3. The van der Waals surface area contributed by atoms with E-state index in [1.54, 1.807) is 14.0 Å². The smallest absolute Gasteiger partial charge is 0.490 e. The molecule has 2 aromatic rings. The summed E-state index contributed by atoms with van der Waals surface area (Å²) in [5, 5.41) is 13.3. The second-order valence-corrected chi connectivity index (χ2v) is 7.42. The van der Waals surface area contributed by atoms with Gasteiger partial charge in [-0.2, -0.15) is 13.2 Å². The zero-order valence-electron chi connectivity index (χ0n) is 20.1. The minimum Gasteiger partial charge on any atom is -0.497 e. The minimum atomic E-state index is -5.08. The van der Waals surface area contributed by atoms with Gasteiger partial charge in [-0.1, -0.05) is 6.92 Å². The summed E-state index contributed by atoms with van der Waals surface area (Å²) in [7, 11) is 1.61. The van der Waals surface area contributed by atoms with Crippen LogP contribution in [-0.2, 0) is 22.5 Å². The Balaban J connectivity index is 0.000000762. The number of carbonyl (C=O) groups is 3. The number of H-pyrrole nitrogens is 1. The van der Waals surface area contributed by atoms with Crippen LogP contribution >= 0.6 is 0 Å². The van der Waals surface area contributed by atoms with E-state index in [0.29, 0.717) is 35.5 Å². The average Bonchev–Trinajstić information content (AvgIpc) is 3.16. The molecular formula is C23H30F3N3O6. The molecule has 1 amide bonds. The summed E-state index contributed by atoms with van der Waals surface area (Å²) < 4.78 is 42.1. The van der Waals surface area contributed by atoms with Crippen molar-refractivity contribution in [3.8, 4) is 5.75 Å². The number of carbonyl (C=O) groups excluding carboxylic acids is 2. The molecule has 0 radical (unpaired) electrons. The number of nitrogens with one attached hydrogen (secondary N) is 3. The first kappa shape index (κ1) is 29.3. The first-order chi connectivity index (χ1) is 16.3. The van der Waals surface area contributed by atoms with Crippen molar-refractivity contribution in [1.82, 2.24) is 10.3 Å². The van der Waals surface area contributed by atoms with Crippen LogP contribution in [0, 0.1) is 0 Å². The van der Waals surface area contributed by atoms with Gasteiger partial charge in [0.1, 0.15) is 11.4 Å². The van der Waals surface area contributed by atoms with Crippen LogP contribution in [-0.4, -0.2) is 53.9 Å². The third-order valence-corrected chi connectivity index (χ3v) is 4.46. The number of carboxylic acids is 1. The average molecular weight is 502 g/mol. The molecule has 4 N–H and O–H groups in total. The molecule has 0 aliphatic heterocycles. The lowest BCUT2D eigenvalue weighted by molar-refractivity contribution is -0.192. The van der Waals surface area contributed by atoms with Crippen molar-refractivity contribution in [2.75, 3.05) is 19.0 Å². The van der Waals surface area contributed by atoms with Crippen molar-refractivity contribution in [2.45, 2.75) is 52.9 Å². The molecule has 1 aromatic carbocycles. The van der Waals surface area contributed by atoms with Gasteiger partial charge in [0.2, 0.25) is 0 Å². The lowest BCUT2D eigenvalue weighted by atomic mass is 10.1. The molecule has 0 saturated carbocycles. The molecule has 0 bridgehead atoms. The molecular weight excluding hydrogens is 471 g/mol. The van der Waals surface area contributed by atoms with Crippen LogP contribution in [0.1, 0.15) is 59.8 Å². The van der Waals surface area contributed by atoms with Gasteiger partial charge in [-0.05, 0) is 57.0 Å². The number of methoxy groups -OCH3 is 1. The number of aliphatic carboxylic acids is 1. The molecule has 12 heteroatoms. The predicted molar refractivity (Wildman–Crippen MR) is 123 cm³/mol. The molecule has 0 aliphatic carbocycles. The van der Waals surface area contributed by atoms with E-state index >= 15 is 0 Å². The van der Waals surface area contributed by atoms with E-state index in [-0.39, 0.29) is 18.6 Å². The van der Waals surface area contributed by atoms with Gasteiger partial charge in [0, 0.05) is 17.4 Å². The van der Waals surface area contributed by atoms with E-state index in [1.807, 2.05) is 45.0 Å². The van der Waals surface area contributed by atoms with Crippen LogP contribution in [0.2, 0.25) is 0 Å². The van der Waals surface area contributed by atoms with Gasteiger partial charge in [0.15, 0.2) is 0 Å². The normalized spacial score (nSPS) is 10.8. The summed E-state index contributed by atoms with van der Waals surface area (Å²) in [6.45, 7) is 8.08. The summed E-state index contributed by atoms with van der Waals surface area (Å²) >= 11 is 0. The third kappa shape index (κ3) is 8.87. The van der Waals surface area contributed by atoms with E-state index in [0.717, 1.165) is 11.4 Å². The number of aromatic nitrogens is 1. The van der Waals surface area contributed by atoms with Crippen LogP contribution in [0.3, 0.4) is 0 Å². The van der Waals surface area contributed by atoms with Crippen molar-refractivity contribution in [3.05, 3.63) is 46.8 Å². The minimum absolute atomic E-state index is 0.00702. The standard InChI is InChI=1S/C21H29N3O4.C2HF3O2/c1-6-16-18(21(26)28-7-2)17(24-19(16)20(25)23-13(3)4)12-22-14-8-10-15(27-5)11-9-14;3-2(4,5)1(6)7/h8-11,13,22,24H,6-7,12H2,1-5H3,(H,23,25);(H,6,7). The molecule has 9 nitrogen and oxygen atoms in total. The maximum atomic E-state index is 12.6. The molecule has 0 unspecified atom stereocenters. The quantitative estimate of drug-likeness (QED) is 0.380. The van der Waals surface area contributed by atoms with Crippen LogP contribution in [0.15, 0.2) is 24.3 Å². The zero-order chi connectivity index (χ0) is 26.8. The molecule has 1 heterocycles. The Hall–Kier alpha value is -3.70. The lowest BCUT2D eigenvalue weighted by Crippen LogP contribution is -2.31. The first-order valence-electron chi connectivity index (χ1n) is 10.7. The molecule has 0 spiro atoms. The molecule has 1 aromatic heterocycles. The zero-order valence-corrected chi connectivity index (χ0v) is 20.1. The highest BCUT2D eigenvalue weighted by molar-refractivity contribution is 6.01. The van der Waals surface area contributed by atoms with Crippen LogP contribution in [0.4, 0.5) is 18.9 Å². The fraction of sp³-hybridized carbons (Fsp3) is 0.435. The van der Waals surface area contributed by atoms with Crippen LogP contribution < -0.4 is 15.4 Å².